The Morgan fingerprint density at radius 1 is 0.723 bits per heavy atom. The Hall–Kier alpha value is -5.46. The summed E-state index contributed by atoms with van der Waals surface area (Å²) in [5.41, 5.74) is 6.52. The molecule has 0 heterocycles. The number of carboxylic acid groups (broad SMARTS) is 2. The Morgan fingerprint density at radius 2 is 1.32 bits per heavy atom. The van der Waals surface area contributed by atoms with Crippen LogP contribution in [0.15, 0.2) is 54.6 Å². The van der Waals surface area contributed by atoms with Gasteiger partial charge in [0.2, 0.25) is 0 Å². The second kappa shape index (κ2) is 17.9. The highest BCUT2D eigenvalue weighted by Crippen LogP contribution is 2.37. The molecule has 0 unspecified atom stereocenters. The summed E-state index contributed by atoms with van der Waals surface area (Å²) in [6.45, 7) is 2.39. The number of rotatable bonds is 19. The number of unbranched alkanes of at least 4 members (excludes halogenated alkanes) is 6. The van der Waals surface area contributed by atoms with Gasteiger partial charge in [0.1, 0.15) is 0 Å². The minimum atomic E-state index is -1.40. The van der Waals surface area contributed by atoms with Crippen molar-refractivity contribution < 1.29 is 48.5 Å². The van der Waals surface area contributed by atoms with Crippen LogP contribution in [0, 0.1) is 10.1 Å². The van der Waals surface area contributed by atoms with Crippen LogP contribution >= 0.6 is 0 Å². The predicted molar refractivity (Wildman–Crippen MR) is 172 cm³/mol. The molecule has 3 rings (SSSR count). The first kappa shape index (κ1) is 36.0. The fraction of sp³-hybridized carbons (Fsp3) is 0.353. The fourth-order valence-corrected chi connectivity index (χ4v) is 4.67. The third-order valence-corrected chi connectivity index (χ3v) is 7.24. The number of nitrogen functional groups attached to an aromatic ring is 1. The molecule has 0 atom stereocenters. The van der Waals surface area contributed by atoms with Crippen molar-refractivity contribution in [1.29, 1.82) is 0 Å². The molecule has 0 spiro atoms. The number of aromatic carboxylic acids is 2. The molecule has 0 radical (unpaired) electrons. The maximum atomic E-state index is 12.5. The van der Waals surface area contributed by atoms with E-state index in [2.05, 4.69) is 6.92 Å². The SMILES string of the molecule is CCCCCCCCOc1cc(N)c(-c2ccc(C(=O)OCCCCOC(=O)c3cc(C(=O)O)ccc3C(=O)O)cc2)cc1[N+](=O)[O-]. The average Bonchev–Trinajstić information content (AvgIpc) is 3.05. The van der Waals surface area contributed by atoms with Crippen molar-refractivity contribution in [3.8, 4) is 16.9 Å². The summed E-state index contributed by atoms with van der Waals surface area (Å²) in [6, 6.07) is 12.1. The van der Waals surface area contributed by atoms with Gasteiger partial charge in [0.05, 0.1) is 47.0 Å². The number of ether oxygens (including phenoxy) is 3. The van der Waals surface area contributed by atoms with Crippen LogP contribution in [0.5, 0.6) is 5.75 Å². The van der Waals surface area contributed by atoms with E-state index >= 15 is 0 Å². The van der Waals surface area contributed by atoms with Crippen molar-refractivity contribution in [2.24, 2.45) is 0 Å². The predicted octanol–water partition coefficient (Wildman–Crippen LogP) is 6.77. The van der Waals surface area contributed by atoms with E-state index in [0.717, 1.165) is 50.3 Å². The zero-order valence-corrected chi connectivity index (χ0v) is 26.1. The number of hydrogen-bond donors (Lipinski definition) is 3. The normalized spacial score (nSPS) is 10.7. The molecule has 13 heteroatoms. The molecule has 0 aromatic heterocycles. The van der Waals surface area contributed by atoms with E-state index in [1.165, 1.54) is 30.7 Å². The first-order chi connectivity index (χ1) is 22.5. The lowest BCUT2D eigenvalue weighted by Crippen LogP contribution is -2.14. The Kier molecular flexibility index (Phi) is 13.7. The number of nitrogens with two attached hydrogens (primary N) is 1. The first-order valence-electron chi connectivity index (χ1n) is 15.3. The van der Waals surface area contributed by atoms with E-state index in [9.17, 15) is 34.4 Å². The number of esters is 2. The zero-order chi connectivity index (χ0) is 34.3. The number of anilines is 1. The topological polar surface area (TPSA) is 206 Å². The molecular formula is C34H38N2O11. The van der Waals surface area contributed by atoms with Gasteiger partial charge < -0.3 is 30.2 Å². The lowest BCUT2D eigenvalue weighted by atomic mass is 10.0. The standard InChI is InChI=1S/C34H38N2O11/c1-2-3-4-5-6-7-16-45-30-21-28(35)26(20-29(30)36(43)44)22-10-12-23(13-11-22)33(41)46-17-8-9-18-47-34(42)27-19-24(31(37)38)14-15-25(27)32(39)40/h10-15,19-21H,2-9,16-18,35H2,1H3,(H,37,38)(H,39,40). The Labute approximate surface area is 271 Å². The van der Waals surface area contributed by atoms with Crippen molar-refractivity contribution >= 4 is 35.3 Å². The molecule has 0 fully saturated rings. The van der Waals surface area contributed by atoms with Crippen molar-refractivity contribution in [3.05, 3.63) is 87.0 Å². The van der Waals surface area contributed by atoms with Crippen LogP contribution in [0.3, 0.4) is 0 Å². The quantitative estimate of drug-likeness (QED) is 0.0404. The second-order valence-electron chi connectivity index (χ2n) is 10.7. The minimum absolute atomic E-state index is 0.00631. The molecule has 3 aromatic carbocycles. The minimum Gasteiger partial charge on any atom is -0.487 e. The van der Waals surface area contributed by atoms with Crippen LogP contribution < -0.4 is 10.5 Å². The summed E-state index contributed by atoms with van der Waals surface area (Å²) >= 11 is 0. The zero-order valence-electron chi connectivity index (χ0n) is 26.1. The van der Waals surface area contributed by atoms with Gasteiger partial charge in [-0.3, -0.25) is 10.1 Å². The van der Waals surface area contributed by atoms with E-state index in [-0.39, 0.29) is 53.3 Å². The molecule has 0 saturated carbocycles. The monoisotopic (exact) mass is 650 g/mol. The largest absolute Gasteiger partial charge is 0.487 e. The van der Waals surface area contributed by atoms with E-state index in [1.807, 2.05) is 0 Å². The summed E-state index contributed by atoms with van der Waals surface area (Å²) < 4.78 is 16.1. The van der Waals surface area contributed by atoms with Gasteiger partial charge in [-0.2, -0.15) is 0 Å². The van der Waals surface area contributed by atoms with Gasteiger partial charge in [-0.05, 0) is 55.2 Å². The van der Waals surface area contributed by atoms with E-state index in [4.69, 9.17) is 25.1 Å². The highest BCUT2D eigenvalue weighted by molar-refractivity contribution is 6.04. The lowest BCUT2D eigenvalue weighted by molar-refractivity contribution is -0.385. The highest BCUT2D eigenvalue weighted by Gasteiger charge is 2.21. The molecular weight excluding hydrogens is 612 g/mol. The Morgan fingerprint density at radius 3 is 1.94 bits per heavy atom. The Bertz CT molecular complexity index is 1590. The molecule has 4 N–H and O–H groups in total. The van der Waals surface area contributed by atoms with Gasteiger partial charge in [0.25, 0.3) is 0 Å². The second-order valence-corrected chi connectivity index (χ2v) is 10.7. The summed E-state index contributed by atoms with van der Waals surface area (Å²) in [5.74, 6) is -4.21. The fourth-order valence-electron chi connectivity index (χ4n) is 4.67. The van der Waals surface area contributed by atoms with E-state index in [0.29, 0.717) is 29.8 Å². The molecule has 3 aromatic rings. The van der Waals surface area contributed by atoms with Gasteiger partial charge in [0, 0.05) is 23.4 Å². The smallest absolute Gasteiger partial charge is 0.339 e. The highest BCUT2D eigenvalue weighted by atomic mass is 16.6. The summed E-state index contributed by atoms with van der Waals surface area (Å²) in [4.78, 5) is 58.7. The summed E-state index contributed by atoms with van der Waals surface area (Å²) in [7, 11) is 0. The number of benzene rings is 3. The van der Waals surface area contributed by atoms with Crippen LogP contribution in [0.2, 0.25) is 0 Å². The number of nitro groups is 1. The number of carboxylic acids is 2. The van der Waals surface area contributed by atoms with Crippen molar-refractivity contribution in [2.45, 2.75) is 58.3 Å². The number of nitrogens with zero attached hydrogens (tertiary/aromatic N) is 1. The van der Waals surface area contributed by atoms with Crippen LogP contribution in [0.4, 0.5) is 11.4 Å². The maximum Gasteiger partial charge on any atom is 0.339 e. The van der Waals surface area contributed by atoms with Crippen LogP contribution in [0.1, 0.15) is 99.7 Å². The molecule has 0 aliphatic heterocycles. The first-order valence-corrected chi connectivity index (χ1v) is 15.3. The van der Waals surface area contributed by atoms with Gasteiger partial charge in [-0.15, -0.1) is 0 Å². The lowest BCUT2D eigenvalue weighted by Gasteiger charge is -2.12. The molecule has 0 aliphatic carbocycles. The van der Waals surface area contributed by atoms with Gasteiger partial charge in [-0.1, -0.05) is 51.2 Å². The third-order valence-electron chi connectivity index (χ3n) is 7.24. The summed E-state index contributed by atoms with van der Waals surface area (Å²) in [6.07, 6.45) is 6.97. The molecule has 0 amide bonds. The third kappa shape index (κ3) is 10.6. The van der Waals surface area contributed by atoms with Crippen molar-refractivity contribution in [3.63, 3.8) is 0 Å². The van der Waals surface area contributed by atoms with Crippen molar-refractivity contribution in [2.75, 3.05) is 25.6 Å². The molecule has 0 bridgehead atoms. The van der Waals surface area contributed by atoms with Gasteiger partial charge in [-0.25, -0.2) is 19.2 Å². The van der Waals surface area contributed by atoms with E-state index < -0.39 is 28.8 Å². The van der Waals surface area contributed by atoms with Crippen LogP contribution in [-0.2, 0) is 9.47 Å². The number of nitro benzene ring substituents is 1. The molecule has 250 valence electrons. The van der Waals surface area contributed by atoms with Crippen LogP contribution in [0.25, 0.3) is 11.1 Å². The maximum absolute atomic E-state index is 12.5. The van der Waals surface area contributed by atoms with Crippen molar-refractivity contribution in [1.82, 2.24) is 0 Å². The number of hydrogen-bond acceptors (Lipinski definition) is 10. The van der Waals surface area contributed by atoms with Gasteiger partial charge >= 0.3 is 29.6 Å². The van der Waals surface area contributed by atoms with Crippen LogP contribution in [-0.4, -0.2) is 58.8 Å². The summed E-state index contributed by atoms with van der Waals surface area (Å²) in [5, 5.41) is 30.2. The molecule has 13 nitrogen and oxygen atoms in total. The molecule has 0 saturated heterocycles. The average molecular weight is 651 g/mol. The Balaban J connectivity index is 1.50. The molecule has 0 aliphatic rings. The number of carbonyl (C=O) groups is 4. The molecule has 47 heavy (non-hydrogen) atoms. The van der Waals surface area contributed by atoms with E-state index in [1.54, 1.807) is 12.1 Å². The van der Waals surface area contributed by atoms with Gasteiger partial charge in [0.15, 0.2) is 5.75 Å². The number of carbonyl (C=O) groups excluding carboxylic acids is 2.